The SMILES string of the molecule is C/C=C\C=C(/C)c1cc(N)cc(-c2cccc(-c3cccc(-c4cc(C)cc(-c5cccn5C)c4C)n3)n2)c1C. The Morgan fingerprint density at radius 1 is 0.750 bits per heavy atom. The van der Waals surface area contributed by atoms with E-state index in [1.807, 2.05) is 55.5 Å². The quantitative estimate of drug-likeness (QED) is 0.178. The minimum Gasteiger partial charge on any atom is -0.399 e. The van der Waals surface area contributed by atoms with Gasteiger partial charge < -0.3 is 10.3 Å². The molecule has 0 saturated heterocycles. The summed E-state index contributed by atoms with van der Waals surface area (Å²) in [5.74, 6) is 0. The van der Waals surface area contributed by atoms with Gasteiger partial charge in [0, 0.05) is 41.3 Å². The smallest absolute Gasteiger partial charge is 0.0893 e. The van der Waals surface area contributed by atoms with E-state index in [2.05, 4.69) is 88.0 Å². The first-order valence-electron chi connectivity index (χ1n) is 13.6. The number of nitrogens with two attached hydrogens (primary N) is 1. The lowest BCUT2D eigenvalue weighted by molar-refractivity contribution is 0.935. The molecule has 200 valence electrons. The minimum atomic E-state index is 0.722. The molecule has 0 bridgehead atoms. The van der Waals surface area contributed by atoms with Crippen molar-refractivity contribution in [1.29, 1.82) is 0 Å². The maximum absolute atomic E-state index is 6.36. The van der Waals surface area contributed by atoms with Crippen LogP contribution in [0.1, 0.15) is 36.1 Å². The third-order valence-electron chi connectivity index (χ3n) is 7.48. The molecule has 3 aromatic heterocycles. The molecule has 0 radical (unpaired) electrons. The first-order valence-corrected chi connectivity index (χ1v) is 13.6. The average molecular weight is 525 g/mol. The molecule has 5 aromatic rings. The van der Waals surface area contributed by atoms with Gasteiger partial charge in [-0.25, -0.2) is 9.97 Å². The molecule has 0 aliphatic heterocycles. The highest BCUT2D eigenvalue weighted by Gasteiger charge is 2.15. The summed E-state index contributed by atoms with van der Waals surface area (Å²) in [6.07, 6.45) is 8.27. The Hall–Kier alpha value is -4.70. The van der Waals surface area contributed by atoms with E-state index < -0.39 is 0 Å². The maximum Gasteiger partial charge on any atom is 0.0893 e. The van der Waals surface area contributed by atoms with Crippen molar-refractivity contribution in [3.63, 3.8) is 0 Å². The van der Waals surface area contributed by atoms with Crippen LogP contribution < -0.4 is 5.73 Å². The molecule has 40 heavy (non-hydrogen) atoms. The minimum absolute atomic E-state index is 0.722. The number of aryl methyl sites for hydroxylation is 2. The molecule has 0 aliphatic carbocycles. The summed E-state index contributed by atoms with van der Waals surface area (Å²) in [6, 6.07) is 25.0. The number of allylic oxidation sites excluding steroid dienone is 4. The molecule has 0 fully saturated rings. The standard InChI is InChI=1S/C36H36N4/c1-7-8-12-24(3)28-21-27(37)22-30(25(28)4)33-14-10-16-35(39-33)34-15-9-13-32(38-34)29-19-23(2)20-31(26(29)5)36-17-11-18-40(36)6/h7-22H,37H2,1-6H3/b8-7-,24-12+. The number of hydrogen-bond acceptors (Lipinski definition) is 3. The summed E-state index contributed by atoms with van der Waals surface area (Å²) in [5, 5.41) is 0. The lowest BCUT2D eigenvalue weighted by atomic mass is 9.94. The fourth-order valence-electron chi connectivity index (χ4n) is 5.33. The number of hydrogen-bond donors (Lipinski definition) is 1. The molecule has 5 rings (SSSR count). The van der Waals surface area contributed by atoms with Crippen molar-refractivity contribution in [2.45, 2.75) is 34.6 Å². The highest BCUT2D eigenvalue weighted by Crippen LogP contribution is 2.35. The van der Waals surface area contributed by atoms with Gasteiger partial charge in [-0.3, -0.25) is 0 Å². The van der Waals surface area contributed by atoms with Crippen LogP contribution in [0.2, 0.25) is 0 Å². The highest BCUT2D eigenvalue weighted by molar-refractivity contribution is 5.81. The molecule has 0 atom stereocenters. The van der Waals surface area contributed by atoms with E-state index in [1.54, 1.807) is 0 Å². The van der Waals surface area contributed by atoms with Crippen molar-refractivity contribution < 1.29 is 0 Å². The summed E-state index contributed by atoms with van der Waals surface area (Å²) in [6.45, 7) is 10.6. The van der Waals surface area contributed by atoms with E-state index in [0.717, 1.165) is 56.3 Å². The lowest BCUT2D eigenvalue weighted by Gasteiger charge is -2.15. The molecule has 2 N–H and O–H groups in total. The summed E-state index contributed by atoms with van der Waals surface area (Å²) >= 11 is 0. The van der Waals surface area contributed by atoms with E-state index in [0.29, 0.717) is 0 Å². The van der Waals surface area contributed by atoms with Gasteiger partial charge in [-0.05, 0) is 123 Å². The van der Waals surface area contributed by atoms with Gasteiger partial charge in [0.1, 0.15) is 0 Å². The lowest BCUT2D eigenvalue weighted by Crippen LogP contribution is -1.98. The second-order valence-electron chi connectivity index (χ2n) is 10.4. The molecule has 0 spiro atoms. The van der Waals surface area contributed by atoms with Crippen LogP contribution in [0.5, 0.6) is 0 Å². The summed E-state index contributed by atoms with van der Waals surface area (Å²) in [5.41, 5.74) is 21.0. The Labute approximate surface area is 237 Å². The number of nitrogens with zero attached hydrogens (tertiary/aromatic N) is 3. The molecular formula is C36H36N4. The summed E-state index contributed by atoms with van der Waals surface area (Å²) < 4.78 is 2.16. The number of nitrogen functional groups attached to an aromatic ring is 1. The molecule has 2 aromatic carbocycles. The first-order chi connectivity index (χ1) is 19.3. The second-order valence-corrected chi connectivity index (χ2v) is 10.4. The topological polar surface area (TPSA) is 56.7 Å². The van der Waals surface area contributed by atoms with Gasteiger partial charge in [0.25, 0.3) is 0 Å². The van der Waals surface area contributed by atoms with Crippen LogP contribution >= 0.6 is 0 Å². The molecule has 0 unspecified atom stereocenters. The van der Waals surface area contributed by atoms with E-state index in [4.69, 9.17) is 15.7 Å². The Bertz CT molecular complexity index is 1770. The zero-order valence-electron chi connectivity index (χ0n) is 24.2. The Morgan fingerprint density at radius 2 is 1.35 bits per heavy atom. The van der Waals surface area contributed by atoms with E-state index >= 15 is 0 Å². The van der Waals surface area contributed by atoms with Crippen LogP contribution in [0.25, 0.3) is 50.7 Å². The number of rotatable bonds is 6. The second kappa shape index (κ2) is 11.2. The number of anilines is 1. The van der Waals surface area contributed by atoms with E-state index in [-0.39, 0.29) is 0 Å². The van der Waals surface area contributed by atoms with Gasteiger partial charge in [-0.2, -0.15) is 0 Å². The third-order valence-corrected chi connectivity index (χ3v) is 7.48. The molecule has 4 nitrogen and oxygen atoms in total. The monoisotopic (exact) mass is 524 g/mol. The van der Waals surface area contributed by atoms with Crippen LogP contribution in [-0.2, 0) is 7.05 Å². The zero-order chi connectivity index (χ0) is 28.4. The molecular weight excluding hydrogens is 488 g/mol. The van der Waals surface area contributed by atoms with Crippen molar-refractivity contribution >= 4 is 11.3 Å². The van der Waals surface area contributed by atoms with Gasteiger partial charge in [-0.15, -0.1) is 0 Å². The van der Waals surface area contributed by atoms with Gasteiger partial charge >= 0.3 is 0 Å². The molecule has 0 amide bonds. The predicted molar refractivity (Wildman–Crippen MR) is 170 cm³/mol. The Morgan fingerprint density at radius 3 is 1.95 bits per heavy atom. The van der Waals surface area contributed by atoms with Crippen molar-refractivity contribution in [1.82, 2.24) is 14.5 Å². The van der Waals surface area contributed by atoms with E-state index in [1.165, 1.54) is 22.4 Å². The first kappa shape index (κ1) is 26.9. The van der Waals surface area contributed by atoms with Crippen molar-refractivity contribution in [3.05, 3.63) is 119 Å². The Balaban J connectivity index is 1.58. The highest BCUT2D eigenvalue weighted by atomic mass is 14.9. The fourth-order valence-corrected chi connectivity index (χ4v) is 5.33. The van der Waals surface area contributed by atoms with Crippen LogP contribution in [0.3, 0.4) is 0 Å². The van der Waals surface area contributed by atoms with Gasteiger partial charge in [0.15, 0.2) is 0 Å². The number of benzene rings is 2. The Kier molecular flexibility index (Phi) is 7.52. The van der Waals surface area contributed by atoms with Crippen LogP contribution in [0, 0.1) is 20.8 Å². The fraction of sp³-hybridized carbons (Fsp3) is 0.167. The normalized spacial score (nSPS) is 11.9. The van der Waals surface area contributed by atoms with Gasteiger partial charge in [0.05, 0.1) is 22.8 Å². The van der Waals surface area contributed by atoms with Gasteiger partial charge in [0.2, 0.25) is 0 Å². The van der Waals surface area contributed by atoms with Crippen LogP contribution in [0.4, 0.5) is 5.69 Å². The van der Waals surface area contributed by atoms with Crippen molar-refractivity contribution in [2.24, 2.45) is 7.05 Å². The molecule has 4 heteroatoms. The zero-order valence-corrected chi connectivity index (χ0v) is 24.2. The van der Waals surface area contributed by atoms with E-state index in [9.17, 15) is 0 Å². The molecule has 0 saturated carbocycles. The van der Waals surface area contributed by atoms with Crippen LogP contribution in [-0.4, -0.2) is 14.5 Å². The number of pyridine rings is 2. The summed E-state index contributed by atoms with van der Waals surface area (Å²) in [4.78, 5) is 10.2. The largest absolute Gasteiger partial charge is 0.399 e. The predicted octanol–water partition coefficient (Wildman–Crippen LogP) is 8.97. The molecule has 3 heterocycles. The van der Waals surface area contributed by atoms with Crippen LogP contribution in [0.15, 0.2) is 97.2 Å². The maximum atomic E-state index is 6.36. The average Bonchev–Trinajstić information content (AvgIpc) is 3.39. The third kappa shape index (κ3) is 5.26. The van der Waals surface area contributed by atoms with Crippen molar-refractivity contribution in [2.75, 3.05) is 5.73 Å². The number of aromatic nitrogens is 3. The van der Waals surface area contributed by atoms with Gasteiger partial charge in [-0.1, -0.05) is 30.4 Å². The van der Waals surface area contributed by atoms with Crippen molar-refractivity contribution in [3.8, 4) is 45.2 Å². The molecule has 0 aliphatic rings. The summed E-state index contributed by atoms with van der Waals surface area (Å²) in [7, 11) is 2.08.